The van der Waals surface area contributed by atoms with Crippen LogP contribution >= 0.6 is 15.9 Å². The highest BCUT2D eigenvalue weighted by molar-refractivity contribution is 9.10. The van der Waals surface area contributed by atoms with Gasteiger partial charge in [0.2, 0.25) is 0 Å². The van der Waals surface area contributed by atoms with Crippen molar-refractivity contribution < 1.29 is 17.5 Å². The fraction of sp³-hybridized carbons (Fsp3) is 0.750. The Morgan fingerprint density at radius 3 is 2.39 bits per heavy atom. The lowest BCUT2D eigenvalue weighted by Crippen LogP contribution is -2.50. The number of morpholine rings is 1. The van der Waals surface area contributed by atoms with Crippen LogP contribution in [0.25, 0.3) is 0 Å². The maximum atomic E-state index is 13.6. The normalized spacial score (nSPS) is 26.5. The highest BCUT2D eigenvalue weighted by Crippen LogP contribution is 2.30. The van der Waals surface area contributed by atoms with E-state index >= 15 is 0 Å². The maximum absolute atomic E-state index is 13.6. The molecule has 3 aliphatic rings. The first-order valence-electron chi connectivity index (χ1n) is 12.4. The van der Waals surface area contributed by atoms with Crippen molar-refractivity contribution in [1.82, 2.24) is 13.9 Å². The largest absolute Gasteiger partial charge is 0.379 e. The average Bonchev–Trinajstić information content (AvgIpc) is 2.82. The summed E-state index contributed by atoms with van der Waals surface area (Å²) < 4.78 is 49.4. The predicted octanol–water partition coefficient (Wildman–Crippen LogP) is 3.96. The van der Waals surface area contributed by atoms with Crippen molar-refractivity contribution in [2.45, 2.75) is 57.4 Å². The Morgan fingerprint density at radius 2 is 1.70 bits per heavy atom. The summed E-state index contributed by atoms with van der Waals surface area (Å²) in [6, 6.07) is 5.03. The molecule has 0 bridgehead atoms. The molecule has 0 atom stereocenters. The highest BCUT2D eigenvalue weighted by Gasteiger charge is 2.30. The van der Waals surface area contributed by atoms with Crippen molar-refractivity contribution in [2.24, 2.45) is 11.8 Å². The van der Waals surface area contributed by atoms with E-state index in [-0.39, 0.29) is 11.9 Å². The van der Waals surface area contributed by atoms with Crippen molar-refractivity contribution in [3.05, 3.63) is 34.1 Å². The molecule has 4 rings (SSSR count). The molecule has 186 valence electrons. The molecule has 0 radical (unpaired) electrons. The summed E-state index contributed by atoms with van der Waals surface area (Å²) in [4.78, 5) is 2.57. The van der Waals surface area contributed by atoms with Crippen molar-refractivity contribution in [3.8, 4) is 0 Å². The number of benzene rings is 1. The Morgan fingerprint density at radius 1 is 1.00 bits per heavy atom. The third-order valence-corrected chi connectivity index (χ3v) is 10.00. The van der Waals surface area contributed by atoms with Gasteiger partial charge in [-0.25, -0.2) is 4.39 Å². The zero-order valence-corrected chi connectivity index (χ0v) is 21.8. The molecule has 3 fully saturated rings. The topological polar surface area (TPSA) is 61.9 Å². The second-order valence-electron chi connectivity index (χ2n) is 9.87. The van der Waals surface area contributed by atoms with E-state index in [4.69, 9.17) is 4.74 Å². The average molecular weight is 547 g/mol. The van der Waals surface area contributed by atoms with Gasteiger partial charge in [-0.15, -0.1) is 0 Å². The second kappa shape index (κ2) is 11.9. The van der Waals surface area contributed by atoms with E-state index < -0.39 is 10.2 Å². The van der Waals surface area contributed by atoms with Gasteiger partial charge in [0.1, 0.15) is 5.82 Å². The van der Waals surface area contributed by atoms with Crippen molar-refractivity contribution in [3.63, 3.8) is 0 Å². The third kappa shape index (κ3) is 7.45. The standard InChI is InChI=1S/C24H37BrFN3O3S/c25-24-6-3-22(26)18-21(24)17-20-8-11-28(12-9-20)10-7-19-1-4-23(5-2-19)27-33(30,31)29-13-15-32-16-14-29/h3,6,18-20,23,27H,1-2,4-5,7-17H2/t19-,23-. The lowest BCUT2D eigenvalue weighted by molar-refractivity contribution is 0.0721. The van der Waals surface area contributed by atoms with E-state index in [1.807, 2.05) is 6.07 Å². The SMILES string of the molecule is O=S(=O)(N[C@H]1CC[C@H](CCN2CCC(Cc3cc(F)ccc3Br)CC2)CC1)N1CCOCC1. The van der Waals surface area contributed by atoms with Gasteiger partial charge < -0.3 is 9.64 Å². The van der Waals surface area contributed by atoms with Gasteiger partial charge in [-0.1, -0.05) is 15.9 Å². The number of halogens is 2. The molecule has 0 aromatic heterocycles. The fourth-order valence-corrected chi connectivity index (χ4v) is 7.28. The second-order valence-corrected chi connectivity index (χ2v) is 12.4. The molecule has 2 aliphatic heterocycles. The minimum Gasteiger partial charge on any atom is -0.379 e. The van der Waals surface area contributed by atoms with Crippen LogP contribution < -0.4 is 4.72 Å². The Balaban J connectivity index is 1.13. The molecule has 33 heavy (non-hydrogen) atoms. The minimum atomic E-state index is -3.39. The van der Waals surface area contributed by atoms with Crippen LogP contribution in [0.3, 0.4) is 0 Å². The lowest BCUT2D eigenvalue weighted by atomic mass is 9.84. The molecule has 2 heterocycles. The first-order chi connectivity index (χ1) is 15.9. The number of hydrogen-bond donors (Lipinski definition) is 1. The predicted molar refractivity (Wildman–Crippen MR) is 132 cm³/mol. The van der Waals surface area contributed by atoms with E-state index in [1.165, 1.54) is 29.6 Å². The highest BCUT2D eigenvalue weighted by atomic mass is 79.9. The third-order valence-electron chi connectivity index (χ3n) is 7.55. The molecule has 1 N–H and O–H groups in total. The van der Waals surface area contributed by atoms with Crippen LogP contribution in [0.5, 0.6) is 0 Å². The van der Waals surface area contributed by atoms with E-state index in [0.717, 1.165) is 61.8 Å². The molecule has 1 aromatic carbocycles. The molecular formula is C24H37BrFN3O3S. The molecule has 1 saturated carbocycles. The summed E-state index contributed by atoms with van der Waals surface area (Å²) in [5.74, 6) is 1.15. The number of rotatable bonds is 8. The summed E-state index contributed by atoms with van der Waals surface area (Å²) in [5, 5.41) is 0. The van der Waals surface area contributed by atoms with Crippen LogP contribution in [0.15, 0.2) is 22.7 Å². The van der Waals surface area contributed by atoms with Crippen LogP contribution in [-0.4, -0.2) is 69.6 Å². The van der Waals surface area contributed by atoms with Crippen molar-refractivity contribution in [2.75, 3.05) is 45.9 Å². The molecule has 1 aliphatic carbocycles. The molecule has 0 unspecified atom stereocenters. The van der Waals surface area contributed by atoms with Gasteiger partial charge in [-0.2, -0.15) is 17.4 Å². The van der Waals surface area contributed by atoms with E-state index in [9.17, 15) is 12.8 Å². The lowest BCUT2D eigenvalue weighted by Gasteiger charge is -2.35. The Bertz CT molecular complexity index is 866. The van der Waals surface area contributed by atoms with E-state index in [0.29, 0.717) is 38.1 Å². The smallest absolute Gasteiger partial charge is 0.279 e. The van der Waals surface area contributed by atoms with Gasteiger partial charge in [0.15, 0.2) is 0 Å². The number of nitrogens with zero attached hydrogens (tertiary/aromatic N) is 2. The van der Waals surface area contributed by atoms with Gasteiger partial charge >= 0.3 is 0 Å². The van der Waals surface area contributed by atoms with Crippen LogP contribution in [0.1, 0.15) is 50.5 Å². The van der Waals surface area contributed by atoms with Crippen molar-refractivity contribution in [1.29, 1.82) is 0 Å². The summed E-state index contributed by atoms with van der Waals surface area (Å²) in [6.07, 6.45) is 8.52. The van der Waals surface area contributed by atoms with Crippen molar-refractivity contribution >= 4 is 26.1 Å². The van der Waals surface area contributed by atoms with Gasteiger partial charge in [-0.05, 0) is 107 Å². The number of nitrogens with one attached hydrogen (secondary N) is 1. The zero-order chi connectivity index (χ0) is 23.3. The molecule has 0 amide bonds. The molecule has 0 spiro atoms. The van der Waals surface area contributed by atoms with Gasteiger partial charge in [0.25, 0.3) is 10.2 Å². The number of likely N-dealkylation sites (tertiary alicyclic amines) is 1. The molecule has 2 saturated heterocycles. The zero-order valence-electron chi connectivity index (χ0n) is 19.4. The Hall–Kier alpha value is -0.580. The monoisotopic (exact) mass is 545 g/mol. The molecular weight excluding hydrogens is 509 g/mol. The fourth-order valence-electron chi connectivity index (χ4n) is 5.43. The minimum absolute atomic E-state index is 0.0620. The molecule has 1 aromatic rings. The van der Waals surface area contributed by atoms with Gasteiger partial charge in [-0.3, -0.25) is 0 Å². The first kappa shape index (κ1) is 25.5. The van der Waals surface area contributed by atoms with Gasteiger partial charge in [0.05, 0.1) is 13.2 Å². The Labute approximate surface area is 206 Å². The van der Waals surface area contributed by atoms with Crippen LogP contribution in [-0.2, 0) is 21.4 Å². The molecule has 6 nitrogen and oxygen atoms in total. The Kier molecular flexibility index (Phi) is 9.20. The first-order valence-corrected chi connectivity index (χ1v) is 14.6. The van der Waals surface area contributed by atoms with Crippen LogP contribution in [0, 0.1) is 17.7 Å². The summed E-state index contributed by atoms with van der Waals surface area (Å²) >= 11 is 3.56. The quantitative estimate of drug-likeness (QED) is 0.537. The number of ether oxygens (including phenoxy) is 1. The van der Waals surface area contributed by atoms with Crippen LogP contribution in [0.4, 0.5) is 4.39 Å². The summed E-state index contributed by atoms with van der Waals surface area (Å²) in [5.41, 5.74) is 1.08. The number of piperidine rings is 1. The van der Waals surface area contributed by atoms with E-state index in [1.54, 1.807) is 6.07 Å². The summed E-state index contributed by atoms with van der Waals surface area (Å²) in [7, 11) is -3.39. The summed E-state index contributed by atoms with van der Waals surface area (Å²) in [6.45, 7) is 5.21. The van der Waals surface area contributed by atoms with Crippen LogP contribution in [0.2, 0.25) is 0 Å². The number of hydrogen-bond acceptors (Lipinski definition) is 4. The maximum Gasteiger partial charge on any atom is 0.279 e. The van der Waals surface area contributed by atoms with E-state index in [2.05, 4.69) is 25.6 Å². The van der Waals surface area contributed by atoms with Gasteiger partial charge in [0, 0.05) is 23.6 Å². The molecule has 9 heteroatoms.